The molecule has 4 rings (SSSR count). The number of benzene rings is 2. The van der Waals surface area contributed by atoms with E-state index in [1.165, 1.54) is 24.1 Å². The van der Waals surface area contributed by atoms with E-state index in [0.717, 1.165) is 16.1 Å². The number of amides is 1. The Morgan fingerprint density at radius 1 is 1.19 bits per heavy atom. The standard InChI is InChI=1S/C24H18BrFN2O4/c1-32-19-9-6-16(11-18(19)26)22(29)20-21(15-4-7-17(25)8-5-15)28(24(31)23(20)30)13-14-3-2-10-27-12-14/h2-12,21,29H,13H2,1H3/t21-/m0/s1. The number of carbonyl (C=O) groups excluding carboxylic acids is 2. The van der Waals surface area contributed by atoms with Gasteiger partial charge < -0.3 is 14.7 Å². The van der Waals surface area contributed by atoms with Crippen LogP contribution in [0.1, 0.15) is 22.7 Å². The molecular formula is C24H18BrFN2O4. The van der Waals surface area contributed by atoms with Gasteiger partial charge in [-0.15, -0.1) is 0 Å². The highest BCUT2D eigenvalue weighted by atomic mass is 79.9. The third-order valence-electron chi connectivity index (χ3n) is 5.23. The number of aliphatic hydroxyl groups is 1. The van der Waals surface area contributed by atoms with Crippen molar-refractivity contribution in [3.05, 3.63) is 99.5 Å². The second-order valence-electron chi connectivity index (χ2n) is 7.19. The van der Waals surface area contributed by atoms with Gasteiger partial charge in [0.05, 0.1) is 18.7 Å². The van der Waals surface area contributed by atoms with Crippen LogP contribution in [-0.2, 0) is 16.1 Å². The Balaban J connectivity index is 1.86. The smallest absolute Gasteiger partial charge is 0.295 e. The maximum absolute atomic E-state index is 14.3. The highest BCUT2D eigenvalue weighted by molar-refractivity contribution is 9.10. The number of halogens is 2. The number of pyridine rings is 1. The van der Waals surface area contributed by atoms with Gasteiger partial charge in [0, 0.05) is 29.0 Å². The zero-order chi connectivity index (χ0) is 22.8. The molecule has 3 aromatic rings. The van der Waals surface area contributed by atoms with Crippen molar-refractivity contribution in [1.82, 2.24) is 9.88 Å². The Morgan fingerprint density at radius 3 is 2.56 bits per heavy atom. The van der Waals surface area contributed by atoms with Crippen molar-refractivity contribution in [2.75, 3.05) is 7.11 Å². The number of aliphatic hydroxyl groups excluding tert-OH is 1. The van der Waals surface area contributed by atoms with Crippen molar-refractivity contribution >= 4 is 33.4 Å². The lowest BCUT2D eigenvalue weighted by Crippen LogP contribution is -2.29. The van der Waals surface area contributed by atoms with E-state index in [1.54, 1.807) is 48.8 Å². The van der Waals surface area contributed by atoms with Crippen LogP contribution >= 0.6 is 15.9 Å². The summed E-state index contributed by atoms with van der Waals surface area (Å²) in [5.41, 5.74) is 1.33. The first kappa shape index (κ1) is 21.7. The number of likely N-dealkylation sites (tertiary alicyclic amines) is 1. The molecule has 1 saturated heterocycles. The normalized spacial score (nSPS) is 17.6. The van der Waals surface area contributed by atoms with Gasteiger partial charge in [0.15, 0.2) is 11.6 Å². The van der Waals surface area contributed by atoms with Gasteiger partial charge in [-0.3, -0.25) is 14.6 Å². The molecule has 2 heterocycles. The molecule has 1 aliphatic rings. The summed E-state index contributed by atoms with van der Waals surface area (Å²) in [6, 6.07) is 13.6. The van der Waals surface area contributed by atoms with Gasteiger partial charge in [-0.2, -0.15) is 0 Å². The van der Waals surface area contributed by atoms with Gasteiger partial charge in [-0.05, 0) is 47.5 Å². The van der Waals surface area contributed by atoms with Crippen molar-refractivity contribution in [2.45, 2.75) is 12.6 Å². The quantitative estimate of drug-likeness (QED) is 0.317. The molecule has 0 bridgehead atoms. The molecule has 1 N–H and O–H groups in total. The minimum absolute atomic E-state index is 0.00281. The minimum atomic E-state index is -0.853. The molecule has 0 saturated carbocycles. The third kappa shape index (κ3) is 4.01. The molecule has 6 nitrogen and oxygen atoms in total. The van der Waals surface area contributed by atoms with Crippen LogP contribution in [0.5, 0.6) is 5.75 Å². The van der Waals surface area contributed by atoms with Crippen LogP contribution < -0.4 is 4.74 Å². The van der Waals surface area contributed by atoms with Gasteiger partial charge >= 0.3 is 0 Å². The lowest BCUT2D eigenvalue weighted by atomic mass is 9.95. The highest BCUT2D eigenvalue weighted by Crippen LogP contribution is 2.40. The van der Waals surface area contributed by atoms with Crippen LogP contribution in [0.15, 0.2) is 77.0 Å². The Kier molecular flexibility index (Phi) is 6.05. The number of Topliss-reactive ketones (excluding diaryl/α,β-unsaturated/α-hetero) is 1. The number of ether oxygens (including phenoxy) is 1. The predicted molar refractivity (Wildman–Crippen MR) is 119 cm³/mol. The first-order chi connectivity index (χ1) is 15.4. The van der Waals surface area contributed by atoms with Crippen LogP contribution in [0.4, 0.5) is 4.39 Å². The number of nitrogens with zero attached hydrogens (tertiary/aromatic N) is 2. The van der Waals surface area contributed by atoms with Crippen molar-refractivity contribution in [3.8, 4) is 5.75 Å². The SMILES string of the molecule is COc1ccc(C(O)=C2C(=O)C(=O)N(Cc3cccnc3)[C@H]2c2ccc(Br)cc2)cc1F. The molecule has 162 valence electrons. The lowest BCUT2D eigenvalue weighted by Gasteiger charge is -2.25. The topological polar surface area (TPSA) is 79.7 Å². The molecular weight excluding hydrogens is 479 g/mol. The molecule has 1 aliphatic heterocycles. The first-order valence-electron chi connectivity index (χ1n) is 9.67. The molecule has 0 unspecified atom stereocenters. The summed E-state index contributed by atoms with van der Waals surface area (Å²) in [6.45, 7) is 0.118. The molecule has 0 spiro atoms. The highest BCUT2D eigenvalue weighted by Gasteiger charge is 2.46. The fourth-order valence-corrected chi connectivity index (χ4v) is 3.96. The van der Waals surface area contributed by atoms with E-state index in [-0.39, 0.29) is 23.4 Å². The van der Waals surface area contributed by atoms with Crippen molar-refractivity contribution in [2.24, 2.45) is 0 Å². The Labute approximate surface area is 192 Å². The number of ketones is 1. The van der Waals surface area contributed by atoms with Crippen LogP contribution in [-0.4, -0.2) is 33.8 Å². The van der Waals surface area contributed by atoms with Crippen molar-refractivity contribution < 1.29 is 23.8 Å². The van der Waals surface area contributed by atoms with Crippen molar-refractivity contribution in [3.63, 3.8) is 0 Å². The fourth-order valence-electron chi connectivity index (χ4n) is 3.69. The van der Waals surface area contributed by atoms with E-state index >= 15 is 0 Å². The number of hydrogen-bond donors (Lipinski definition) is 1. The lowest BCUT2D eigenvalue weighted by molar-refractivity contribution is -0.140. The van der Waals surface area contributed by atoms with E-state index < -0.39 is 29.3 Å². The summed E-state index contributed by atoms with van der Waals surface area (Å²) in [5, 5.41) is 11.0. The van der Waals surface area contributed by atoms with Gasteiger partial charge in [0.2, 0.25) is 0 Å². The fraction of sp³-hybridized carbons (Fsp3) is 0.125. The zero-order valence-corrected chi connectivity index (χ0v) is 18.5. The number of hydrogen-bond acceptors (Lipinski definition) is 5. The zero-order valence-electron chi connectivity index (χ0n) is 17.0. The van der Waals surface area contributed by atoms with E-state index in [9.17, 15) is 19.1 Å². The summed E-state index contributed by atoms with van der Waals surface area (Å²) in [7, 11) is 1.33. The average molecular weight is 497 g/mol. The molecule has 1 fully saturated rings. The maximum Gasteiger partial charge on any atom is 0.295 e. The van der Waals surface area contributed by atoms with Gasteiger partial charge in [0.1, 0.15) is 5.76 Å². The molecule has 0 aliphatic carbocycles. The molecule has 1 amide bonds. The number of aromatic nitrogens is 1. The Hall–Kier alpha value is -3.52. The summed E-state index contributed by atoms with van der Waals surface area (Å²) >= 11 is 3.38. The first-order valence-corrected chi connectivity index (χ1v) is 10.5. The van der Waals surface area contributed by atoms with Gasteiger partial charge in [-0.1, -0.05) is 34.1 Å². The van der Waals surface area contributed by atoms with Crippen LogP contribution in [0, 0.1) is 5.82 Å². The van der Waals surface area contributed by atoms with Crippen LogP contribution in [0.3, 0.4) is 0 Å². The van der Waals surface area contributed by atoms with Crippen molar-refractivity contribution in [1.29, 1.82) is 0 Å². The summed E-state index contributed by atoms with van der Waals surface area (Å²) < 4.78 is 20.0. The van der Waals surface area contributed by atoms with E-state index in [0.29, 0.717) is 5.56 Å². The molecule has 0 radical (unpaired) electrons. The second kappa shape index (κ2) is 8.92. The molecule has 1 aromatic heterocycles. The largest absolute Gasteiger partial charge is 0.507 e. The third-order valence-corrected chi connectivity index (χ3v) is 5.76. The summed E-state index contributed by atoms with van der Waals surface area (Å²) in [4.78, 5) is 31.5. The molecule has 32 heavy (non-hydrogen) atoms. The second-order valence-corrected chi connectivity index (χ2v) is 8.10. The number of carbonyl (C=O) groups is 2. The number of rotatable bonds is 5. The van der Waals surface area contributed by atoms with E-state index in [4.69, 9.17) is 4.74 Å². The van der Waals surface area contributed by atoms with Gasteiger partial charge in [-0.25, -0.2) is 4.39 Å². The predicted octanol–water partition coefficient (Wildman–Crippen LogP) is 4.61. The maximum atomic E-state index is 14.3. The van der Waals surface area contributed by atoms with E-state index in [1.807, 2.05) is 0 Å². The Morgan fingerprint density at radius 2 is 1.94 bits per heavy atom. The summed E-state index contributed by atoms with van der Waals surface area (Å²) in [5.74, 6) is -2.73. The monoisotopic (exact) mass is 496 g/mol. The van der Waals surface area contributed by atoms with Gasteiger partial charge in [0.25, 0.3) is 11.7 Å². The summed E-state index contributed by atoms with van der Waals surface area (Å²) in [6.07, 6.45) is 3.22. The van der Waals surface area contributed by atoms with Crippen LogP contribution in [0.2, 0.25) is 0 Å². The molecule has 8 heteroatoms. The molecule has 1 atom stereocenters. The minimum Gasteiger partial charge on any atom is -0.507 e. The number of methoxy groups -OCH3 is 1. The Bertz CT molecular complexity index is 1210. The van der Waals surface area contributed by atoms with Crippen LogP contribution in [0.25, 0.3) is 5.76 Å². The molecule has 2 aromatic carbocycles. The average Bonchev–Trinajstić information content (AvgIpc) is 3.04. The van der Waals surface area contributed by atoms with E-state index in [2.05, 4.69) is 20.9 Å².